The maximum atomic E-state index is 13.5. The number of hydrogen-bond acceptors (Lipinski definition) is 6. The van der Waals surface area contributed by atoms with Gasteiger partial charge in [-0.1, -0.05) is 30.5 Å². The average Bonchev–Trinajstić information content (AvgIpc) is 3.04. The van der Waals surface area contributed by atoms with Gasteiger partial charge in [-0.3, -0.25) is 0 Å². The number of rotatable bonds is 5. The Labute approximate surface area is 177 Å². The molecule has 158 valence electrons. The molecule has 0 aliphatic carbocycles. The van der Waals surface area contributed by atoms with Gasteiger partial charge in [-0.2, -0.15) is 4.98 Å². The molecule has 0 saturated carbocycles. The van der Waals surface area contributed by atoms with Crippen LogP contribution in [0.2, 0.25) is 0 Å². The maximum Gasteiger partial charge on any atom is 0.236 e. The zero-order valence-electron chi connectivity index (χ0n) is 17.3. The quantitative estimate of drug-likeness (QED) is 0.579. The number of methoxy groups -OCH3 is 1. The van der Waals surface area contributed by atoms with Crippen LogP contribution in [0, 0.1) is 6.92 Å². The first-order valence-electron chi connectivity index (χ1n) is 10.2. The van der Waals surface area contributed by atoms with Crippen molar-refractivity contribution in [3.63, 3.8) is 0 Å². The minimum atomic E-state index is -3.82. The Morgan fingerprint density at radius 1 is 0.933 bits per heavy atom. The molecule has 1 aliphatic rings. The molecule has 30 heavy (non-hydrogen) atoms. The van der Waals surface area contributed by atoms with Gasteiger partial charge in [-0.05, 0) is 56.2 Å². The first kappa shape index (κ1) is 20.5. The van der Waals surface area contributed by atoms with E-state index in [9.17, 15) is 8.42 Å². The van der Waals surface area contributed by atoms with E-state index in [0.29, 0.717) is 23.1 Å². The molecule has 0 bridgehead atoms. The highest BCUT2D eigenvalue weighted by Crippen LogP contribution is 2.36. The fourth-order valence-electron chi connectivity index (χ4n) is 3.63. The Morgan fingerprint density at radius 3 is 2.17 bits per heavy atom. The smallest absolute Gasteiger partial charge is 0.236 e. The molecule has 6 nitrogen and oxygen atoms in total. The highest BCUT2D eigenvalue weighted by Gasteiger charge is 2.31. The van der Waals surface area contributed by atoms with E-state index in [1.165, 1.54) is 0 Å². The van der Waals surface area contributed by atoms with E-state index in [0.717, 1.165) is 44.3 Å². The van der Waals surface area contributed by atoms with E-state index in [1.54, 1.807) is 43.5 Å². The van der Waals surface area contributed by atoms with Crippen molar-refractivity contribution in [2.24, 2.45) is 0 Å². The molecule has 1 fully saturated rings. The maximum absolute atomic E-state index is 13.5. The van der Waals surface area contributed by atoms with Crippen molar-refractivity contribution < 1.29 is 17.6 Å². The molecule has 3 aromatic rings. The van der Waals surface area contributed by atoms with Crippen molar-refractivity contribution in [1.82, 2.24) is 4.98 Å². The predicted molar refractivity (Wildman–Crippen MR) is 116 cm³/mol. The Bertz CT molecular complexity index is 1100. The molecule has 0 spiro atoms. The van der Waals surface area contributed by atoms with Crippen LogP contribution in [-0.4, -0.2) is 33.6 Å². The van der Waals surface area contributed by atoms with E-state index in [1.807, 2.05) is 24.0 Å². The number of hydrogen-bond donors (Lipinski definition) is 0. The lowest BCUT2D eigenvalue weighted by atomic mass is 10.2. The van der Waals surface area contributed by atoms with E-state index in [-0.39, 0.29) is 9.92 Å². The van der Waals surface area contributed by atoms with Crippen LogP contribution in [0.3, 0.4) is 0 Å². The normalized spacial score (nSPS) is 15.1. The monoisotopic (exact) mass is 426 g/mol. The van der Waals surface area contributed by atoms with Crippen LogP contribution in [0.4, 0.5) is 5.88 Å². The number of oxazole rings is 1. The summed E-state index contributed by atoms with van der Waals surface area (Å²) in [5.74, 6) is 1.34. The molecule has 0 amide bonds. The second-order valence-corrected chi connectivity index (χ2v) is 9.44. The second-order valence-electron chi connectivity index (χ2n) is 7.58. The molecular formula is C23H26N2O4S. The number of aryl methyl sites for hydroxylation is 1. The molecule has 2 heterocycles. The zero-order valence-corrected chi connectivity index (χ0v) is 18.1. The summed E-state index contributed by atoms with van der Waals surface area (Å²) < 4.78 is 38.2. The molecule has 1 saturated heterocycles. The zero-order chi connectivity index (χ0) is 21.1. The number of nitrogens with zero attached hydrogens (tertiary/aromatic N) is 2. The standard InChI is InChI=1S/C23H26N2O4S/c1-17-7-13-20(14-8-17)30(26,27)22-23(25-15-5-3-4-6-16-25)29-21(24-22)18-9-11-19(28-2)12-10-18/h7-14H,3-6,15-16H2,1-2H3. The summed E-state index contributed by atoms with van der Waals surface area (Å²) in [6.07, 6.45) is 4.28. The molecule has 0 N–H and O–H groups in total. The van der Waals surface area contributed by atoms with E-state index >= 15 is 0 Å². The van der Waals surface area contributed by atoms with Crippen molar-refractivity contribution in [3.8, 4) is 17.2 Å². The summed E-state index contributed by atoms with van der Waals surface area (Å²) in [6, 6.07) is 14.1. The third kappa shape index (κ3) is 4.07. The van der Waals surface area contributed by atoms with Crippen LogP contribution < -0.4 is 9.64 Å². The van der Waals surface area contributed by atoms with Crippen molar-refractivity contribution in [1.29, 1.82) is 0 Å². The molecule has 0 atom stereocenters. The van der Waals surface area contributed by atoms with Gasteiger partial charge < -0.3 is 14.1 Å². The molecular weight excluding hydrogens is 400 g/mol. The summed E-state index contributed by atoms with van der Waals surface area (Å²) >= 11 is 0. The third-order valence-electron chi connectivity index (χ3n) is 5.40. The van der Waals surface area contributed by atoms with E-state index in [2.05, 4.69) is 4.98 Å². The molecule has 0 unspecified atom stereocenters. The number of anilines is 1. The van der Waals surface area contributed by atoms with Gasteiger partial charge in [0.25, 0.3) is 0 Å². The lowest BCUT2D eigenvalue weighted by molar-refractivity contribution is 0.415. The van der Waals surface area contributed by atoms with Crippen molar-refractivity contribution >= 4 is 15.7 Å². The SMILES string of the molecule is COc1ccc(-c2nc(S(=O)(=O)c3ccc(C)cc3)c(N3CCCCCC3)o2)cc1. The Hall–Kier alpha value is -2.80. The average molecular weight is 427 g/mol. The van der Waals surface area contributed by atoms with Gasteiger partial charge in [0.1, 0.15) is 5.75 Å². The molecule has 7 heteroatoms. The van der Waals surface area contributed by atoms with Crippen molar-refractivity contribution in [3.05, 3.63) is 54.1 Å². The van der Waals surface area contributed by atoms with E-state index < -0.39 is 9.84 Å². The van der Waals surface area contributed by atoms with Gasteiger partial charge in [-0.25, -0.2) is 8.42 Å². The van der Waals surface area contributed by atoms with Gasteiger partial charge in [0.15, 0.2) is 0 Å². The fourth-order valence-corrected chi connectivity index (χ4v) is 4.95. The fraction of sp³-hybridized carbons (Fsp3) is 0.348. The highest BCUT2D eigenvalue weighted by molar-refractivity contribution is 7.91. The lowest BCUT2D eigenvalue weighted by Gasteiger charge is -2.20. The van der Waals surface area contributed by atoms with Crippen LogP contribution in [-0.2, 0) is 9.84 Å². The molecule has 1 aromatic heterocycles. The Kier molecular flexibility index (Phi) is 5.81. The predicted octanol–water partition coefficient (Wildman–Crippen LogP) is 4.87. The first-order valence-corrected chi connectivity index (χ1v) is 11.7. The van der Waals surface area contributed by atoms with Gasteiger partial charge >= 0.3 is 0 Å². The van der Waals surface area contributed by atoms with Crippen LogP contribution in [0.5, 0.6) is 5.75 Å². The molecule has 4 rings (SSSR count). The van der Waals surface area contributed by atoms with Gasteiger partial charge in [0.2, 0.25) is 26.6 Å². The summed E-state index contributed by atoms with van der Waals surface area (Å²) in [7, 11) is -2.22. The summed E-state index contributed by atoms with van der Waals surface area (Å²) in [6.45, 7) is 3.44. The third-order valence-corrected chi connectivity index (χ3v) is 7.06. The number of benzene rings is 2. The Balaban J connectivity index is 1.82. The molecule has 0 radical (unpaired) electrons. The molecule has 1 aliphatic heterocycles. The second kappa shape index (κ2) is 8.52. The Morgan fingerprint density at radius 2 is 1.57 bits per heavy atom. The first-order chi connectivity index (χ1) is 14.5. The highest BCUT2D eigenvalue weighted by atomic mass is 32.2. The minimum absolute atomic E-state index is 0.0147. The minimum Gasteiger partial charge on any atom is -0.497 e. The summed E-state index contributed by atoms with van der Waals surface area (Å²) in [4.78, 5) is 6.72. The van der Waals surface area contributed by atoms with Gasteiger partial charge in [0.05, 0.1) is 12.0 Å². The largest absolute Gasteiger partial charge is 0.497 e. The molecule has 2 aromatic carbocycles. The summed E-state index contributed by atoms with van der Waals surface area (Å²) in [5, 5.41) is -0.0147. The van der Waals surface area contributed by atoms with E-state index in [4.69, 9.17) is 9.15 Å². The van der Waals surface area contributed by atoms with Crippen molar-refractivity contribution in [2.75, 3.05) is 25.1 Å². The lowest BCUT2D eigenvalue weighted by Crippen LogP contribution is -2.25. The number of aromatic nitrogens is 1. The van der Waals surface area contributed by atoms with Crippen LogP contribution >= 0.6 is 0 Å². The van der Waals surface area contributed by atoms with Crippen LogP contribution in [0.15, 0.2) is 62.9 Å². The van der Waals surface area contributed by atoms with Crippen LogP contribution in [0.25, 0.3) is 11.5 Å². The number of ether oxygens (including phenoxy) is 1. The topological polar surface area (TPSA) is 72.6 Å². The van der Waals surface area contributed by atoms with Gasteiger partial charge in [-0.15, -0.1) is 0 Å². The van der Waals surface area contributed by atoms with Crippen molar-refractivity contribution in [2.45, 2.75) is 42.5 Å². The summed E-state index contributed by atoms with van der Waals surface area (Å²) in [5.41, 5.74) is 1.71. The van der Waals surface area contributed by atoms with Crippen LogP contribution in [0.1, 0.15) is 31.2 Å². The van der Waals surface area contributed by atoms with Gasteiger partial charge in [0, 0.05) is 18.7 Å². The number of sulfone groups is 1.